The Hall–Kier alpha value is -2.09. The van der Waals surface area contributed by atoms with Crippen molar-refractivity contribution < 1.29 is 17.9 Å². The van der Waals surface area contributed by atoms with Crippen molar-refractivity contribution in [3.05, 3.63) is 59.1 Å². The van der Waals surface area contributed by atoms with Gasteiger partial charge in [-0.3, -0.25) is 4.79 Å². The van der Waals surface area contributed by atoms with Crippen molar-refractivity contribution in [3.8, 4) is 5.75 Å². The maximum absolute atomic E-state index is 12.9. The van der Waals surface area contributed by atoms with Crippen LogP contribution in [0.5, 0.6) is 5.75 Å². The average molecular weight is 437 g/mol. The van der Waals surface area contributed by atoms with Gasteiger partial charge < -0.3 is 10.1 Å². The summed E-state index contributed by atoms with van der Waals surface area (Å²) < 4.78 is 32.8. The number of ether oxygens (including phenoxy) is 1. The molecule has 29 heavy (non-hydrogen) atoms. The Bertz CT molecular complexity index is 947. The first kappa shape index (κ1) is 21.6. The second-order valence-electron chi connectivity index (χ2n) is 6.91. The lowest BCUT2D eigenvalue weighted by molar-refractivity contribution is -0.126. The number of carbonyl (C=O) groups excluding carboxylic acids is 1. The quantitative estimate of drug-likeness (QED) is 0.721. The fourth-order valence-corrected chi connectivity index (χ4v) is 5.05. The third kappa shape index (κ3) is 5.29. The molecule has 8 heteroatoms. The number of nitrogens with one attached hydrogen (secondary N) is 1. The number of hydrogen-bond acceptors (Lipinski definition) is 4. The van der Waals surface area contributed by atoms with Crippen LogP contribution in [0.3, 0.4) is 0 Å². The number of halogens is 1. The summed E-state index contributed by atoms with van der Waals surface area (Å²) in [6.45, 7) is 3.37. The Morgan fingerprint density at radius 1 is 1.21 bits per heavy atom. The Kier molecular flexibility index (Phi) is 7.16. The standard InChI is InChI=1S/C21H25ClN2O4S/c1-2-28-20-8-4-3-6-16(20)14-23-21(25)17-7-5-13-24(15-17)29(26,27)19-11-9-18(22)10-12-19/h3-4,6,8-12,17H,2,5,7,13-15H2,1H3,(H,23,25)/t17-/m0/s1. The van der Waals surface area contributed by atoms with Gasteiger partial charge in [-0.1, -0.05) is 29.8 Å². The lowest BCUT2D eigenvalue weighted by Gasteiger charge is -2.31. The fraction of sp³-hybridized carbons (Fsp3) is 0.381. The van der Waals surface area contributed by atoms with E-state index < -0.39 is 10.0 Å². The molecule has 1 aliphatic rings. The van der Waals surface area contributed by atoms with Gasteiger partial charge in [-0.15, -0.1) is 0 Å². The first-order valence-corrected chi connectivity index (χ1v) is 11.5. The molecule has 1 fully saturated rings. The molecule has 0 unspecified atom stereocenters. The topological polar surface area (TPSA) is 75.7 Å². The molecule has 0 aromatic heterocycles. The first-order valence-electron chi connectivity index (χ1n) is 9.66. The Morgan fingerprint density at radius 3 is 2.66 bits per heavy atom. The molecule has 0 aliphatic carbocycles. The highest BCUT2D eigenvalue weighted by atomic mass is 35.5. The molecule has 0 spiro atoms. The van der Waals surface area contributed by atoms with Gasteiger partial charge in [-0.2, -0.15) is 4.31 Å². The zero-order chi connectivity index (χ0) is 20.9. The second kappa shape index (κ2) is 9.61. The molecular formula is C21H25ClN2O4S. The predicted octanol–water partition coefficient (Wildman–Crippen LogP) is 3.46. The van der Waals surface area contributed by atoms with E-state index in [0.29, 0.717) is 37.6 Å². The molecule has 1 saturated heterocycles. The number of piperidine rings is 1. The highest BCUT2D eigenvalue weighted by Gasteiger charge is 2.33. The third-order valence-electron chi connectivity index (χ3n) is 4.93. The molecule has 0 saturated carbocycles. The van der Waals surface area contributed by atoms with E-state index in [1.807, 2.05) is 31.2 Å². The minimum atomic E-state index is -3.65. The van der Waals surface area contributed by atoms with E-state index >= 15 is 0 Å². The van der Waals surface area contributed by atoms with Crippen LogP contribution in [0.4, 0.5) is 0 Å². The zero-order valence-corrected chi connectivity index (χ0v) is 17.9. The van der Waals surface area contributed by atoms with E-state index in [-0.39, 0.29) is 23.3 Å². The average Bonchev–Trinajstić information content (AvgIpc) is 2.73. The van der Waals surface area contributed by atoms with Crippen LogP contribution in [0, 0.1) is 5.92 Å². The maximum Gasteiger partial charge on any atom is 0.243 e. The van der Waals surface area contributed by atoms with Gasteiger partial charge in [0.15, 0.2) is 0 Å². The molecule has 1 N–H and O–H groups in total. The van der Waals surface area contributed by atoms with Gasteiger partial charge in [0.05, 0.1) is 17.4 Å². The Labute approximate surface area is 176 Å². The number of rotatable bonds is 7. The third-order valence-corrected chi connectivity index (χ3v) is 7.06. The number of sulfonamides is 1. The summed E-state index contributed by atoms with van der Waals surface area (Å²) in [5.74, 6) is 0.211. The van der Waals surface area contributed by atoms with Gasteiger partial charge in [0, 0.05) is 30.2 Å². The second-order valence-corrected chi connectivity index (χ2v) is 9.29. The highest BCUT2D eigenvalue weighted by Crippen LogP contribution is 2.25. The molecule has 6 nitrogen and oxygen atoms in total. The van der Waals surface area contributed by atoms with Crippen molar-refractivity contribution in [3.63, 3.8) is 0 Å². The molecule has 156 valence electrons. The van der Waals surface area contributed by atoms with Crippen LogP contribution in [0.25, 0.3) is 0 Å². The van der Waals surface area contributed by atoms with Crippen LogP contribution in [0.15, 0.2) is 53.4 Å². The number of carbonyl (C=O) groups is 1. The van der Waals surface area contributed by atoms with Gasteiger partial charge in [0.1, 0.15) is 5.75 Å². The molecule has 3 rings (SSSR count). The van der Waals surface area contributed by atoms with Crippen molar-refractivity contribution in [2.24, 2.45) is 5.92 Å². The lowest BCUT2D eigenvalue weighted by atomic mass is 9.98. The van der Waals surface area contributed by atoms with Gasteiger partial charge in [-0.25, -0.2) is 8.42 Å². The molecular weight excluding hydrogens is 412 g/mol. The summed E-state index contributed by atoms with van der Waals surface area (Å²) >= 11 is 5.86. The number of amides is 1. The van der Waals surface area contributed by atoms with Crippen LogP contribution >= 0.6 is 11.6 Å². The monoisotopic (exact) mass is 436 g/mol. The SMILES string of the molecule is CCOc1ccccc1CNC(=O)[C@H]1CCCN(S(=O)(=O)c2ccc(Cl)cc2)C1. The van der Waals surface area contributed by atoms with Crippen molar-refractivity contribution in [1.29, 1.82) is 0 Å². The number of hydrogen-bond donors (Lipinski definition) is 1. The minimum absolute atomic E-state index is 0.146. The van der Waals surface area contributed by atoms with Gasteiger partial charge in [-0.05, 0) is 50.1 Å². The van der Waals surface area contributed by atoms with E-state index in [2.05, 4.69) is 5.32 Å². The Balaban J connectivity index is 1.64. The van der Waals surface area contributed by atoms with Crippen LogP contribution < -0.4 is 10.1 Å². The van der Waals surface area contributed by atoms with Gasteiger partial charge in [0.2, 0.25) is 15.9 Å². The number of benzene rings is 2. The van der Waals surface area contributed by atoms with E-state index in [1.54, 1.807) is 12.1 Å². The molecule has 2 aromatic carbocycles. The van der Waals surface area contributed by atoms with Gasteiger partial charge >= 0.3 is 0 Å². The summed E-state index contributed by atoms with van der Waals surface area (Å²) in [5.41, 5.74) is 0.893. The summed E-state index contributed by atoms with van der Waals surface area (Å²) in [5, 5.41) is 3.41. The zero-order valence-electron chi connectivity index (χ0n) is 16.3. The van der Waals surface area contributed by atoms with Crippen molar-refractivity contribution in [2.45, 2.75) is 31.2 Å². The number of nitrogens with zero attached hydrogens (tertiary/aromatic N) is 1. The van der Waals surface area contributed by atoms with E-state index in [4.69, 9.17) is 16.3 Å². The van der Waals surface area contributed by atoms with Crippen LogP contribution in [-0.2, 0) is 21.4 Å². The van der Waals surface area contributed by atoms with Crippen LogP contribution in [0.2, 0.25) is 5.02 Å². The van der Waals surface area contributed by atoms with E-state index in [9.17, 15) is 13.2 Å². The highest BCUT2D eigenvalue weighted by molar-refractivity contribution is 7.89. The van der Waals surface area contributed by atoms with Crippen LogP contribution in [0.1, 0.15) is 25.3 Å². The van der Waals surface area contributed by atoms with Crippen LogP contribution in [-0.4, -0.2) is 38.3 Å². The molecule has 2 aromatic rings. The molecule has 1 amide bonds. The fourth-order valence-electron chi connectivity index (χ4n) is 3.40. The van der Waals surface area contributed by atoms with Crippen molar-refractivity contribution >= 4 is 27.5 Å². The summed E-state index contributed by atoms with van der Waals surface area (Å²) in [6.07, 6.45) is 1.30. The van der Waals surface area contributed by atoms with E-state index in [0.717, 1.165) is 11.3 Å². The molecule has 1 heterocycles. The van der Waals surface area contributed by atoms with Gasteiger partial charge in [0.25, 0.3) is 0 Å². The molecule has 0 bridgehead atoms. The predicted molar refractivity (Wildman–Crippen MR) is 112 cm³/mol. The first-order chi connectivity index (χ1) is 13.9. The Morgan fingerprint density at radius 2 is 1.93 bits per heavy atom. The van der Waals surface area contributed by atoms with Crippen molar-refractivity contribution in [1.82, 2.24) is 9.62 Å². The molecule has 1 aliphatic heterocycles. The normalized spacial score (nSPS) is 17.7. The minimum Gasteiger partial charge on any atom is -0.494 e. The summed E-state index contributed by atoms with van der Waals surface area (Å²) in [4.78, 5) is 12.9. The number of para-hydroxylation sites is 1. The van der Waals surface area contributed by atoms with E-state index in [1.165, 1.54) is 16.4 Å². The summed E-state index contributed by atoms with van der Waals surface area (Å²) in [6, 6.07) is 13.6. The largest absolute Gasteiger partial charge is 0.494 e. The molecule has 1 atom stereocenters. The smallest absolute Gasteiger partial charge is 0.243 e. The lowest BCUT2D eigenvalue weighted by Crippen LogP contribution is -2.45. The maximum atomic E-state index is 12.9. The molecule has 0 radical (unpaired) electrons. The van der Waals surface area contributed by atoms with Crippen molar-refractivity contribution in [2.75, 3.05) is 19.7 Å². The summed E-state index contributed by atoms with van der Waals surface area (Å²) in [7, 11) is -3.65.